The molecular formula is C18H14N4O4. The molecule has 0 spiro atoms. The van der Waals surface area contributed by atoms with Gasteiger partial charge < -0.3 is 4.57 Å². The fourth-order valence-electron chi connectivity index (χ4n) is 2.82. The van der Waals surface area contributed by atoms with E-state index in [9.17, 15) is 9.59 Å². The monoisotopic (exact) mass is 350 g/mol. The summed E-state index contributed by atoms with van der Waals surface area (Å²) in [6.45, 7) is 0.367. The fraction of sp³-hybridized carbons (Fsp3) is 0.111. The molecule has 8 nitrogen and oxygen atoms in total. The molecule has 1 N–H and O–H groups in total. The number of pyridine rings is 1. The maximum atomic E-state index is 12.8. The molecule has 0 saturated carbocycles. The first-order chi connectivity index (χ1) is 12.7. The molecular weight excluding hydrogens is 336 g/mol. The molecule has 2 aromatic carbocycles. The van der Waals surface area contributed by atoms with Gasteiger partial charge in [0.2, 0.25) is 0 Å². The van der Waals surface area contributed by atoms with Crippen molar-refractivity contribution in [2.24, 2.45) is 0 Å². The van der Waals surface area contributed by atoms with Gasteiger partial charge in [0.05, 0.1) is 13.7 Å². The lowest BCUT2D eigenvalue weighted by molar-refractivity contribution is 0.0538. The van der Waals surface area contributed by atoms with Crippen molar-refractivity contribution in [3.8, 4) is 0 Å². The predicted molar refractivity (Wildman–Crippen MR) is 93.6 cm³/mol. The lowest BCUT2D eigenvalue weighted by atomic mass is 10.1. The largest absolute Gasteiger partial charge is 0.311 e. The molecule has 4 rings (SSSR count). The van der Waals surface area contributed by atoms with Gasteiger partial charge in [0.25, 0.3) is 11.5 Å². The Balaban J connectivity index is 1.73. The first-order valence-corrected chi connectivity index (χ1v) is 7.83. The van der Waals surface area contributed by atoms with Gasteiger partial charge in [0.1, 0.15) is 11.0 Å². The molecule has 0 bridgehead atoms. The van der Waals surface area contributed by atoms with Gasteiger partial charge in [-0.2, -0.15) is 0 Å². The number of carbonyl (C=O) groups excluding carboxylic acids is 1. The minimum atomic E-state index is -0.409. The van der Waals surface area contributed by atoms with E-state index in [0.717, 1.165) is 10.9 Å². The first kappa shape index (κ1) is 16.0. The van der Waals surface area contributed by atoms with E-state index >= 15 is 0 Å². The number of hydrogen-bond acceptors (Lipinski definition) is 6. The zero-order valence-electron chi connectivity index (χ0n) is 13.8. The second-order valence-corrected chi connectivity index (χ2v) is 5.77. The molecule has 0 saturated heterocycles. The van der Waals surface area contributed by atoms with Crippen LogP contribution in [-0.2, 0) is 11.4 Å². The van der Waals surface area contributed by atoms with Crippen molar-refractivity contribution in [1.29, 1.82) is 0 Å². The van der Waals surface area contributed by atoms with Crippen molar-refractivity contribution >= 4 is 27.7 Å². The highest BCUT2D eigenvalue weighted by Gasteiger charge is 2.10. The SMILES string of the molecule is CONC(=O)c1ccc2ccn(Cc3ccc4nonc4c3)c(=O)c2c1. The number of aromatic nitrogens is 3. The summed E-state index contributed by atoms with van der Waals surface area (Å²) in [5.74, 6) is -0.409. The summed E-state index contributed by atoms with van der Waals surface area (Å²) in [4.78, 5) is 29.4. The molecule has 8 heteroatoms. The van der Waals surface area contributed by atoms with Crippen LogP contribution in [0, 0.1) is 0 Å². The Labute approximate surface area is 146 Å². The Morgan fingerprint density at radius 2 is 2.00 bits per heavy atom. The summed E-state index contributed by atoms with van der Waals surface area (Å²) in [6.07, 6.45) is 1.73. The normalized spacial score (nSPS) is 11.1. The second-order valence-electron chi connectivity index (χ2n) is 5.77. The van der Waals surface area contributed by atoms with Crippen molar-refractivity contribution in [3.63, 3.8) is 0 Å². The van der Waals surface area contributed by atoms with E-state index in [-0.39, 0.29) is 5.56 Å². The van der Waals surface area contributed by atoms with Gasteiger partial charge in [-0.15, -0.1) is 0 Å². The topological polar surface area (TPSA) is 99.2 Å². The Hall–Kier alpha value is -3.52. The van der Waals surface area contributed by atoms with Crippen molar-refractivity contribution in [2.45, 2.75) is 6.54 Å². The molecule has 0 atom stereocenters. The molecule has 0 unspecified atom stereocenters. The molecule has 0 radical (unpaired) electrons. The van der Waals surface area contributed by atoms with Crippen LogP contribution < -0.4 is 11.0 Å². The van der Waals surface area contributed by atoms with E-state index in [2.05, 4.69) is 20.6 Å². The highest BCUT2D eigenvalue weighted by atomic mass is 16.6. The third kappa shape index (κ3) is 2.82. The minimum absolute atomic E-state index is 0.187. The van der Waals surface area contributed by atoms with Gasteiger partial charge in [-0.3, -0.25) is 14.4 Å². The van der Waals surface area contributed by atoms with Crippen LogP contribution in [0.2, 0.25) is 0 Å². The van der Waals surface area contributed by atoms with E-state index < -0.39 is 5.91 Å². The molecule has 0 aliphatic carbocycles. The zero-order valence-corrected chi connectivity index (χ0v) is 13.8. The molecule has 4 aromatic rings. The first-order valence-electron chi connectivity index (χ1n) is 7.83. The smallest absolute Gasteiger partial charge is 0.274 e. The Kier molecular flexibility index (Phi) is 3.94. The predicted octanol–water partition coefficient (Wildman–Crippen LogP) is 1.88. The summed E-state index contributed by atoms with van der Waals surface area (Å²) in [7, 11) is 1.35. The molecule has 26 heavy (non-hydrogen) atoms. The third-order valence-corrected chi connectivity index (χ3v) is 4.11. The van der Waals surface area contributed by atoms with Crippen LogP contribution in [0.1, 0.15) is 15.9 Å². The molecule has 1 amide bonds. The van der Waals surface area contributed by atoms with E-state index in [1.807, 2.05) is 18.2 Å². The lowest BCUT2D eigenvalue weighted by Gasteiger charge is -2.09. The van der Waals surface area contributed by atoms with Gasteiger partial charge >= 0.3 is 0 Å². The lowest BCUT2D eigenvalue weighted by Crippen LogP contribution is -2.23. The number of fused-ring (bicyclic) bond motifs is 2. The highest BCUT2D eigenvalue weighted by Crippen LogP contribution is 2.15. The molecule has 130 valence electrons. The van der Waals surface area contributed by atoms with Crippen molar-refractivity contribution in [1.82, 2.24) is 20.4 Å². The van der Waals surface area contributed by atoms with Crippen molar-refractivity contribution in [3.05, 3.63) is 70.1 Å². The van der Waals surface area contributed by atoms with E-state index in [0.29, 0.717) is 28.5 Å². The van der Waals surface area contributed by atoms with Crippen LogP contribution in [0.4, 0.5) is 0 Å². The van der Waals surface area contributed by atoms with Gasteiger partial charge in [-0.25, -0.2) is 10.1 Å². The maximum absolute atomic E-state index is 12.8. The van der Waals surface area contributed by atoms with Crippen molar-refractivity contribution < 1.29 is 14.3 Å². The number of nitrogens with zero attached hydrogens (tertiary/aromatic N) is 3. The molecule has 2 aromatic heterocycles. The number of rotatable bonds is 4. The average Bonchev–Trinajstić information content (AvgIpc) is 3.12. The number of carbonyl (C=O) groups is 1. The number of benzene rings is 2. The molecule has 0 aliphatic rings. The van der Waals surface area contributed by atoms with E-state index in [4.69, 9.17) is 4.63 Å². The molecule has 0 fully saturated rings. The molecule has 2 heterocycles. The second kappa shape index (κ2) is 6.41. The number of hydrogen-bond donors (Lipinski definition) is 1. The van der Waals surface area contributed by atoms with Crippen LogP contribution in [0.3, 0.4) is 0 Å². The Morgan fingerprint density at radius 1 is 1.15 bits per heavy atom. The zero-order chi connectivity index (χ0) is 18.1. The standard InChI is InChI=1S/C18H14N4O4/c1-25-21-17(23)13-4-3-12-6-7-22(18(24)14(12)9-13)10-11-2-5-15-16(8-11)20-26-19-15/h2-9H,10H2,1H3,(H,21,23). The molecule has 0 aliphatic heterocycles. The van der Waals surface area contributed by atoms with Crippen LogP contribution in [0.15, 0.2) is 58.1 Å². The maximum Gasteiger partial charge on any atom is 0.274 e. The van der Waals surface area contributed by atoms with E-state index in [1.54, 1.807) is 35.0 Å². The Morgan fingerprint density at radius 3 is 2.85 bits per heavy atom. The van der Waals surface area contributed by atoms with Gasteiger partial charge in [-0.1, -0.05) is 12.1 Å². The quantitative estimate of drug-likeness (QED) is 0.564. The summed E-state index contributed by atoms with van der Waals surface area (Å²) >= 11 is 0. The van der Waals surface area contributed by atoms with Gasteiger partial charge in [-0.05, 0) is 51.6 Å². The number of amides is 1. The summed E-state index contributed by atoms with van der Waals surface area (Å²) in [6, 6.07) is 12.3. The minimum Gasteiger partial charge on any atom is -0.311 e. The average molecular weight is 350 g/mol. The fourth-order valence-corrected chi connectivity index (χ4v) is 2.82. The van der Waals surface area contributed by atoms with Crippen LogP contribution in [0.25, 0.3) is 21.8 Å². The van der Waals surface area contributed by atoms with Crippen LogP contribution in [-0.4, -0.2) is 27.9 Å². The highest BCUT2D eigenvalue weighted by molar-refractivity contribution is 5.97. The third-order valence-electron chi connectivity index (χ3n) is 4.11. The van der Waals surface area contributed by atoms with E-state index in [1.165, 1.54) is 7.11 Å². The Bertz CT molecular complexity index is 1180. The van der Waals surface area contributed by atoms with Gasteiger partial charge in [0, 0.05) is 17.1 Å². The summed E-state index contributed by atoms with van der Waals surface area (Å²) in [5, 5.41) is 8.80. The van der Waals surface area contributed by atoms with Crippen LogP contribution in [0.5, 0.6) is 0 Å². The van der Waals surface area contributed by atoms with Crippen LogP contribution >= 0.6 is 0 Å². The number of nitrogens with one attached hydrogen (secondary N) is 1. The summed E-state index contributed by atoms with van der Waals surface area (Å²) < 4.78 is 6.27. The summed E-state index contributed by atoms with van der Waals surface area (Å²) in [5.41, 5.74) is 4.60. The van der Waals surface area contributed by atoms with Gasteiger partial charge in [0.15, 0.2) is 0 Å². The van der Waals surface area contributed by atoms with Crippen molar-refractivity contribution in [2.75, 3.05) is 7.11 Å². The number of hydroxylamine groups is 1.